The van der Waals surface area contributed by atoms with Gasteiger partial charge in [-0.2, -0.15) is 11.3 Å². The summed E-state index contributed by atoms with van der Waals surface area (Å²) in [6.45, 7) is 22.7. The van der Waals surface area contributed by atoms with E-state index < -0.39 is 0 Å². The van der Waals surface area contributed by atoms with Crippen molar-refractivity contribution in [2.45, 2.75) is 93.4 Å². The molecule has 5 rings (SSSR count). The molecule has 3 heterocycles. The third-order valence-corrected chi connectivity index (χ3v) is 11.8. The molecule has 0 bridgehead atoms. The summed E-state index contributed by atoms with van der Waals surface area (Å²) in [4.78, 5) is 22.3. The number of phenolic OH excluding ortho intramolecular Hbond substituents is 1. The van der Waals surface area contributed by atoms with Gasteiger partial charge in [-0.3, -0.25) is 9.78 Å². The summed E-state index contributed by atoms with van der Waals surface area (Å²) >= 11 is 3.35. The molecule has 1 radical (unpaired) electrons. The molecule has 2 aromatic carbocycles. The van der Waals surface area contributed by atoms with Crippen LogP contribution in [0.3, 0.4) is 0 Å². The SMILES string of the molecule is C=Cc1c(O)ccc2sc3ncnc(-c4[c-]c5ccsc5c(C(C)(C)C)c4)c3c12.CCC(C)(CC)C(=O)/C=C(\O)C(C)(CC)CC.[Ir]. The van der Waals surface area contributed by atoms with Crippen molar-refractivity contribution in [3.05, 3.63) is 71.6 Å². The van der Waals surface area contributed by atoms with Crippen LogP contribution in [0.5, 0.6) is 5.75 Å². The van der Waals surface area contributed by atoms with Crippen LogP contribution in [0.1, 0.15) is 99.1 Å². The van der Waals surface area contributed by atoms with Gasteiger partial charge in [0.15, 0.2) is 5.78 Å². The number of benzene rings is 2. The molecular weight excluding hydrogens is 801 g/mol. The predicted octanol–water partition coefficient (Wildman–Crippen LogP) is 11.8. The number of carbonyl (C=O) groups excluding carboxylic acids is 1. The van der Waals surface area contributed by atoms with Gasteiger partial charge in [0.2, 0.25) is 0 Å². The van der Waals surface area contributed by atoms with E-state index in [4.69, 9.17) is 0 Å². The number of aromatic hydroxyl groups is 1. The molecule has 8 heteroatoms. The molecule has 2 N–H and O–H groups in total. The second-order valence-corrected chi connectivity index (χ2v) is 15.5. The molecule has 0 aliphatic rings. The zero-order valence-electron chi connectivity index (χ0n) is 29.0. The second kappa shape index (κ2) is 15.1. The zero-order valence-corrected chi connectivity index (χ0v) is 33.0. The Morgan fingerprint density at radius 2 is 1.60 bits per heavy atom. The number of hydrogen-bond donors (Lipinski definition) is 2. The number of aromatic nitrogens is 2. The molecule has 0 fully saturated rings. The van der Waals surface area contributed by atoms with Crippen LogP contribution in [0.2, 0.25) is 0 Å². The van der Waals surface area contributed by atoms with E-state index in [9.17, 15) is 15.0 Å². The molecule has 0 unspecified atom stereocenters. The third kappa shape index (κ3) is 7.56. The van der Waals surface area contributed by atoms with E-state index in [0.29, 0.717) is 0 Å². The zero-order chi connectivity index (χ0) is 34.0. The topological polar surface area (TPSA) is 83.3 Å². The number of rotatable bonds is 9. The first-order valence-corrected chi connectivity index (χ1v) is 17.8. The quantitative estimate of drug-likeness (QED) is 0.0877. The molecule has 0 aliphatic heterocycles. The first-order valence-electron chi connectivity index (χ1n) is 16.1. The van der Waals surface area contributed by atoms with Crippen LogP contribution in [-0.2, 0) is 30.3 Å². The Kier molecular flexibility index (Phi) is 12.4. The van der Waals surface area contributed by atoms with E-state index >= 15 is 0 Å². The third-order valence-electron chi connectivity index (χ3n) is 9.79. The van der Waals surface area contributed by atoms with Crippen molar-refractivity contribution in [2.24, 2.45) is 10.8 Å². The molecule has 0 aliphatic carbocycles. The van der Waals surface area contributed by atoms with Crippen molar-refractivity contribution < 1.29 is 35.1 Å². The molecule has 0 spiro atoms. The van der Waals surface area contributed by atoms with Crippen LogP contribution >= 0.6 is 22.7 Å². The minimum absolute atomic E-state index is 0. The molecule has 253 valence electrons. The van der Waals surface area contributed by atoms with Gasteiger partial charge in [0, 0.05) is 63.7 Å². The Morgan fingerprint density at radius 3 is 2.17 bits per heavy atom. The van der Waals surface area contributed by atoms with E-state index in [-0.39, 0.29) is 53.6 Å². The number of thiophene rings is 2. The number of carbonyl (C=O) groups is 1. The maximum Gasteiger partial charge on any atom is 0.164 e. The van der Waals surface area contributed by atoms with E-state index in [2.05, 4.69) is 60.9 Å². The number of allylic oxidation sites excluding steroid dienone is 2. The normalized spacial score (nSPS) is 12.6. The number of fused-ring (bicyclic) bond motifs is 4. The average Bonchev–Trinajstić information content (AvgIpc) is 3.68. The van der Waals surface area contributed by atoms with Crippen molar-refractivity contribution in [2.75, 3.05) is 0 Å². The minimum atomic E-state index is -0.337. The summed E-state index contributed by atoms with van der Waals surface area (Å²) in [6, 6.07) is 11.5. The van der Waals surface area contributed by atoms with Crippen molar-refractivity contribution in [3.63, 3.8) is 0 Å². The van der Waals surface area contributed by atoms with Crippen LogP contribution in [0.4, 0.5) is 0 Å². The number of nitrogens with zero attached hydrogens (tertiary/aromatic N) is 2. The maximum atomic E-state index is 12.2. The Morgan fingerprint density at radius 1 is 0.957 bits per heavy atom. The Hall–Kier alpha value is -2.90. The van der Waals surface area contributed by atoms with E-state index in [1.165, 1.54) is 16.3 Å². The summed E-state index contributed by atoms with van der Waals surface area (Å²) in [5.74, 6) is 0.503. The number of ketones is 1. The van der Waals surface area contributed by atoms with Crippen LogP contribution in [0.15, 0.2) is 54.4 Å². The van der Waals surface area contributed by atoms with Crippen LogP contribution in [0, 0.1) is 16.9 Å². The molecule has 0 amide bonds. The molecule has 0 atom stereocenters. The minimum Gasteiger partial charge on any atom is -0.512 e. The predicted molar refractivity (Wildman–Crippen MR) is 198 cm³/mol. The fraction of sp³-hybridized carbons (Fsp3) is 0.410. The fourth-order valence-corrected chi connectivity index (χ4v) is 7.63. The molecule has 0 saturated carbocycles. The largest absolute Gasteiger partial charge is 0.512 e. The van der Waals surface area contributed by atoms with Crippen LogP contribution < -0.4 is 0 Å². The molecule has 5 aromatic rings. The van der Waals surface area contributed by atoms with Crippen molar-refractivity contribution in [1.82, 2.24) is 9.97 Å². The van der Waals surface area contributed by atoms with Gasteiger partial charge in [-0.25, -0.2) is 4.98 Å². The van der Waals surface area contributed by atoms with Crippen molar-refractivity contribution >= 4 is 64.9 Å². The fourth-order valence-electron chi connectivity index (χ4n) is 5.49. The van der Waals surface area contributed by atoms with Crippen molar-refractivity contribution in [1.29, 1.82) is 0 Å². The number of hydrogen-bond acceptors (Lipinski definition) is 7. The van der Waals surface area contributed by atoms with Gasteiger partial charge in [0.1, 0.15) is 22.7 Å². The van der Waals surface area contributed by atoms with E-state index in [1.807, 2.05) is 47.6 Å². The van der Waals surface area contributed by atoms with Crippen LogP contribution in [0.25, 0.3) is 47.7 Å². The van der Waals surface area contributed by atoms with Gasteiger partial charge in [0.25, 0.3) is 0 Å². The summed E-state index contributed by atoms with van der Waals surface area (Å²) < 4.78 is 2.33. The van der Waals surface area contributed by atoms with E-state index in [0.717, 1.165) is 68.2 Å². The smallest absolute Gasteiger partial charge is 0.164 e. The van der Waals surface area contributed by atoms with Gasteiger partial charge in [0.05, 0.1) is 0 Å². The molecular formula is C39H47IrN2O3S2-. The summed E-state index contributed by atoms with van der Waals surface area (Å²) in [5.41, 5.74) is 3.20. The number of aliphatic hydroxyl groups is 1. The second-order valence-electron chi connectivity index (χ2n) is 13.5. The van der Waals surface area contributed by atoms with Crippen LogP contribution in [-0.4, -0.2) is 26.0 Å². The van der Waals surface area contributed by atoms with Gasteiger partial charge >= 0.3 is 0 Å². The van der Waals surface area contributed by atoms with Gasteiger partial charge in [-0.15, -0.1) is 34.9 Å². The Labute approximate surface area is 301 Å². The molecule has 47 heavy (non-hydrogen) atoms. The Balaban J connectivity index is 0.000000290. The van der Waals surface area contributed by atoms with Gasteiger partial charge < -0.3 is 10.2 Å². The molecule has 0 saturated heterocycles. The molecule has 5 nitrogen and oxygen atoms in total. The van der Waals surface area contributed by atoms with Gasteiger partial charge in [-0.1, -0.05) is 86.1 Å². The van der Waals surface area contributed by atoms with Gasteiger partial charge in [-0.05, 0) is 53.3 Å². The monoisotopic (exact) mass is 848 g/mol. The number of phenols is 1. The first kappa shape index (κ1) is 38.5. The number of aliphatic hydroxyl groups excluding tert-OH is 1. The van der Waals surface area contributed by atoms with E-state index in [1.54, 1.807) is 41.1 Å². The molecule has 3 aromatic heterocycles. The standard InChI is InChI=1S/C24H19N2OS2.C15H28O2.Ir/c1-5-15-17(27)6-7-18-19(15)20-21(25-12-26-23(20)29-18)14-10-13-8-9-28-22(13)16(11-14)24(2,3)4;1-7-14(5,8-2)12(16)11-13(17)15(6,9-3)10-4;/h5-9,11-12,27H,1H2,2-4H3;11,16H,7-10H2,1-6H3;/q-1;;/b;12-11-;. The summed E-state index contributed by atoms with van der Waals surface area (Å²) in [6.07, 6.45) is 8.07. The average molecular weight is 848 g/mol. The van der Waals surface area contributed by atoms with Crippen molar-refractivity contribution in [3.8, 4) is 17.0 Å². The maximum absolute atomic E-state index is 12.2. The first-order chi connectivity index (χ1) is 21.7. The summed E-state index contributed by atoms with van der Waals surface area (Å²) in [7, 11) is 0. The summed E-state index contributed by atoms with van der Waals surface area (Å²) in [5, 5.41) is 25.7. The Bertz CT molecular complexity index is 1920.